The van der Waals surface area contributed by atoms with E-state index >= 15 is 0 Å². The topological polar surface area (TPSA) is 41.5 Å². The summed E-state index contributed by atoms with van der Waals surface area (Å²) in [4.78, 5) is 0. The molecule has 0 aromatic heterocycles. The summed E-state index contributed by atoms with van der Waals surface area (Å²) in [6.07, 6.45) is 3.92. The predicted octanol–water partition coefficient (Wildman–Crippen LogP) is 1.55. The van der Waals surface area contributed by atoms with Gasteiger partial charge in [-0.1, -0.05) is 6.92 Å². The highest BCUT2D eigenvalue weighted by Crippen LogP contribution is 2.18. The van der Waals surface area contributed by atoms with Crippen molar-refractivity contribution in [2.75, 3.05) is 19.8 Å². The van der Waals surface area contributed by atoms with Crippen molar-refractivity contribution in [2.24, 2.45) is 5.92 Å². The second-order valence-corrected chi connectivity index (χ2v) is 4.54. The van der Waals surface area contributed by atoms with Crippen molar-refractivity contribution >= 4 is 0 Å². The van der Waals surface area contributed by atoms with Crippen LogP contribution in [0.1, 0.15) is 39.5 Å². The molecule has 0 saturated carbocycles. The zero-order chi connectivity index (χ0) is 11.1. The second-order valence-electron chi connectivity index (χ2n) is 4.54. The van der Waals surface area contributed by atoms with E-state index in [2.05, 4.69) is 12.2 Å². The van der Waals surface area contributed by atoms with Crippen LogP contribution >= 0.6 is 0 Å². The number of aliphatic hydroxyl groups is 1. The van der Waals surface area contributed by atoms with Crippen LogP contribution in [-0.2, 0) is 4.74 Å². The first-order chi connectivity index (χ1) is 7.24. The molecule has 2 atom stereocenters. The molecule has 1 aliphatic heterocycles. The van der Waals surface area contributed by atoms with Crippen molar-refractivity contribution in [2.45, 2.75) is 51.7 Å². The molecule has 1 fully saturated rings. The molecule has 2 unspecified atom stereocenters. The average molecular weight is 215 g/mol. The summed E-state index contributed by atoms with van der Waals surface area (Å²) in [7, 11) is 0. The van der Waals surface area contributed by atoms with E-state index in [9.17, 15) is 5.11 Å². The fraction of sp³-hybridized carbons (Fsp3) is 1.00. The van der Waals surface area contributed by atoms with Crippen molar-refractivity contribution < 1.29 is 9.84 Å². The number of hydrogen-bond acceptors (Lipinski definition) is 3. The quantitative estimate of drug-likeness (QED) is 0.706. The van der Waals surface area contributed by atoms with E-state index in [1.807, 2.05) is 6.92 Å². The van der Waals surface area contributed by atoms with Crippen LogP contribution in [0.4, 0.5) is 0 Å². The zero-order valence-corrected chi connectivity index (χ0v) is 10.0. The molecule has 3 heteroatoms. The predicted molar refractivity (Wildman–Crippen MR) is 61.9 cm³/mol. The van der Waals surface area contributed by atoms with Crippen molar-refractivity contribution in [3.8, 4) is 0 Å². The van der Waals surface area contributed by atoms with Gasteiger partial charge in [0.15, 0.2) is 0 Å². The van der Waals surface area contributed by atoms with Gasteiger partial charge in [-0.25, -0.2) is 0 Å². The molecule has 0 aromatic rings. The van der Waals surface area contributed by atoms with Crippen LogP contribution in [-0.4, -0.2) is 37.0 Å². The number of rotatable bonds is 6. The van der Waals surface area contributed by atoms with Gasteiger partial charge in [-0.05, 0) is 45.1 Å². The summed E-state index contributed by atoms with van der Waals surface area (Å²) in [6.45, 7) is 7.01. The van der Waals surface area contributed by atoms with Gasteiger partial charge in [0.25, 0.3) is 0 Å². The standard InChI is InChI=1S/C12H25NO2/c1-3-12(14)4-7-13-10(2)11-5-8-15-9-6-11/h10-14H,3-9H2,1-2H3. The van der Waals surface area contributed by atoms with E-state index in [1.54, 1.807) is 0 Å². The minimum Gasteiger partial charge on any atom is -0.393 e. The highest BCUT2D eigenvalue weighted by Gasteiger charge is 2.19. The SMILES string of the molecule is CCC(O)CCNC(C)C1CCOCC1. The molecular weight excluding hydrogens is 190 g/mol. The van der Waals surface area contributed by atoms with Gasteiger partial charge < -0.3 is 15.2 Å². The smallest absolute Gasteiger partial charge is 0.0549 e. The van der Waals surface area contributed by atoms with Crippen molar-refractivity contribution in [3.63, 3.8) is 0 Å². The number of hydrogen-bond donors (Lipinski definition) is 2. The van der Waals surface area contributed by atoms with Gasteiger partial charge in [-0.3, -0.25) is 0 Å². The molecule has 15 heavy (non-hydrogen) atoms. The molecule has 0 spiro atoms. The molecule has 1 saturated heterocycles. The van der Waals surface area contributed by atoms with Crippen molar-refractivity contribution in [1.82, 2.24) is 5.32 Å². The first-order valence-electron chi connectivity index (χ1n) is 6.23. The van der Waals surface area contributed by atoms with E-state index in [1.165, 1.54) is 12.8 Å². The Balaban J connectivity index is 2.09. The summed E-state index contributed by atoms with van der Waals surface area (Å²) in [5.41, 5.74) is 0. The minimum atomic E-state index is -0.139. The summed E-state index contributed by atoms with van der Waals surface area (Å²) in [6, 6.07) is 0.554. The Labute approximate surface area is 93.2 Å². The molecule has 1 rings (SSSR count). The Morgan fingerprint density at radius 3 is 2.67 bits per heavy atom. The lowest BCUT2D eigenvalue weighted by Gasteiger charge is -2.28. The van der Waals surface area contributed by atoms with Gasteiger partial charge in [0.1, 0.15) is 0 Å². The minimum absolute atomic E-state index is 0.139. The molecule has 90 valence electrons. The Bertz CT molecular complexity index is 158. The molecule has 0 aromatic carbocycles. The maximum Gasteiger partial charge on any atom is 0.0549 e. The summed E-state index contributed by atoms with van der Waals surface area (Å²) in [5, 5.41) is 12.9. The third-order valence-electron chi connectivity index (χ3n) is 3.39. The number of nitrogens with one attached hydrogen (secondary N) is 1. The molecular formula is C12H25NO2. The third kappa shape index (κ3) is 4.96. The van der Waals surface area contributed by atoms with Crippen molar-refractivity contribution in [1.29, 1.82) is 0 Å². The van der Waals surface area contributed by atoms with E-state index < -0.39 is 0 Å². The van der Waals surface area contributed by atoms with E-state index in [0.29, 0.717) is 6.04 Å². The fourth-order valence-electron chi connectivity index (χ4n) is 2.06. The summed E-state index contributed by atoms with van der Waals surface area (Å²) >= 11 is 0. The average Bonchev–Trinajstić information content (AvgIpc) is 2.29. The fourth-order valence-corrected chi connectivity index (χ4v) is 2.06. The number of aliphatic hydroxyl groups excluding tert-OH is 1. The van der Waals surface area contributed by atoms with Gasteiger partial charge >= 0.3 is 0 Å². The van der Waals surface area contributed by atoms with E-state index in [4.69, 9.17) is 4.74 Å². The lowest BCUT2D eigenvalue weighted by molar-refractivity contribution is 0.0552. The zero-order valence-electron chi connectivity index (χ0n) is 10.0. The van der Waals surface area contributed by atoms with Crippen LogP contribution < -0.4 is 5.32 Å². The monoisotopic (exact) mass is 215 g/mol. The van der Waals surface area contributed by atoms with Gasteiger partial charge in [-0.2, -0.15) is 0 Å². The molecule has 3 nitrogen and oxygen atoms in total. The molecule has 2 N–H and O–H groups in total. The molecule has 0 radical (unpaired) electrons. The lowest BCUT2D eigenvalue weighted by Crippen LogP contribution is -2.38. The Morgan fingerprint density at radius 1 is 1.40 bits per heavy atom. The van der Waals surface area contributed by atoms with E-state index in [-0.39, 0.29) is 6.10 Å². The van der Waals surface area contributed by atoms with Gasteiger partial charge in [0.2, 0.25) is 0 Å². The van der Waals surface area contributed by atoms with Crippen LogP contribution in [0, 0.1) is 5.92 Å². The molecule has 0 bridgehead atoms. The van der Waals surface area contributed by atoms with Crippen LogP contribution in [0.25, 0.3) is 0 Å². The van der Waals surface area contributed by atoms with E-state index in [0.717, 1.165) is 38.5 Å². The highest BCUT2D eigenvalue weighted by atomic mass is 16.5. The first-order valence-corrected chi connectivity index (χ1v) is 6.23. The Hall–Kier alpha value is -0.120. The molecule has 0 amide bonds. The van der Waals surface area contributed by atoms with Gasteiger partial charge in [0, 0.05) is 19.3 Å². The second kappa shape index (κ2) is 7.20. The maximum absolute atomic E-state index is 9.42. The van der Waals surface area contributed by atoms with Gasteiger partial charge in [0.05, 0.1) is 6.10 Å². The van der Waals surface area contributed by atoms with Crippen molar-refractivity contribution in [3.05, 3.63) is 0 Å². The van der Waals surface area contributed by atoms with Crippen LogP contribution in [0.3, 0.4) is 0 Å². The number of ether oxygens (including phenoxy) is 1. The molecule has 1 heterocycles. The van der Waals surface area contributed by atoms with Crippen LogP contribution in [0.2, 0.25) is 0 Å². The van der Waals surface area contributed by atoms with Crippen LogP contribution in [0.5, 0.6) is 0 Å². The molecule has 1 aliphatic rings. The largest absolute Gasteiger partial charge is 0.393 e. The third-order valence-corrected chi connectivity index (χ3v) is 3.39. The van der Waals surface area contributed by atoms with Crippen LogP contribution in [0.15, 0.2) is 0 Å². The lowest BCUT2D eigenvalue weighted by atomic mass is 9.93. The van der Waals surface area contributed by atoms with Gasteiger partial charge in [-0.15, -0.1) is 0 Å². The normalized spacial score (nSPS) is 22.6. The molecule has 0 aliphatic carbocycles. The Morgan fingerprint density at radius 2 is 2.07 bits per heavy atom. The summed E-state index contributed by atoms with van der Waals surface area (Å²) in [5.74, 6) is 0.748. The Kier molecular flexibility index (Phi) is 6.22. The summed E-state index contributed by atoms with van der Waals surface area (Å²) < 4.78 is 5.34. The maximum atomic E-state index is 9.42. The highest BCUT2D eigenvalue weighted by molar-refractivity contribution is 4.75. The first kappa shape index (κ1) is 12.9.